The van der Waals surface area contributed by atoms with Gasteiger partial charge in [0.25, 0.3) is 0 Å². The van der Waals surface area contributed by atoms with Crippen LogP contribution in [0.2, 0.25) is 0 Å². The number of benzene rings is 1. The minimum atomic E-state index is -6.58. The summed E-state index contributed by atoms with van der Waals surface area (Å²) >= 11 is 0. The molecule has 2 rings (SSSR count). The largest absolute Gasteiger partial charge is 0.460 e. The van der Waals surface area contributed by atoms with Gasteiger partial charge < -0.3 is 10.5 Å². The predicted octanol–water partition coefficient (Wildman–Crippen LogP) is 4.15. The van der Waals surface area contributed by atoms with Crippen LogP contribution in [0.25, 0.3) is 0 Å². The van der Waals surface area contributed by atoms with E-state index < -0.39 is 39.8 Å². The fraction of sp³-hybridized carbons (Fsp3) is 0.200. The molecule has 146 valence electrons. The number of halogens is 7. The van der Waals surface area contributed by atoms with Gasteiger partial charge in [-0.3, -0.25) is 0 Å². The molecule has 1 aromatic carbocycles. The number of alkyl halides is 7. The molecule has 0 saturated carbocycles. The SMILES string of the molecule is O=C(/N=c1/ccn(O)c(C(F)(F)C(F)(F)C(F)(F)F)c1)Nc1ccccc1. The van der Waals surface area contributed by atoms with Crippen LogP contribution in [0.3, 0.4) is 0 Å². The number of rotatable bonds is 3. The van der Waals surface area contributed by atoms with Gasteiger partial charge in [0.05, 0.1) is 5.36 Å². The molecule has 0 spiro atoms. The van der Waals surface area contributed by atoms with Crippen LogP contribution >= 0.6 is 0 Å². The Hall–Kier alpha value is -3.05. The smallest absolute Gasteiger partial charge is 0.429 e. The molecule has 0 bridgehead atoms. The number of urea groups is 1. The summed E-state index contributed by atoms with van der Waals surface area (Å²) in [7, 11) is 0. The van der Waals surface area contributed by atoms with Crippen molar-refractivity contribution in [3.63, 3.8) is 0 Å². The highest BCUT2D eigenvalue weighted by atomic mass is 19.4. The van der Waals surface area contributed by atoms with Crippen LogP contribution in [0, 0.1) is 0 Å². The fourth-order valence-electron chi connectivity index (χ4n) is 1.91. The lowest BCUT2D eigenvalue weighted by molar-refractivity contribution is -0.362. The molecule has 2 aromatic rings. The molecule has 0 atom stereocenters. The fourth-order valence-corrected chi connectivity index (χ4v) is 1.91. The molecule has 1 heterocycles. The summed E-state index contributed by atoms with van der Waals surface area (Å²) < 4.78 is 90.1. The normalized spacial score (nSPS) is 13.5. The van der Waals surface area contributed by atoms with Crippen LogP contribution in [0.15, 0.2) is 53.7 Å². The molecule has 27 heavy (non-hydrogen) atoms. The van der Waals surface area contributed by atoms with Crippen LogP contribution in [0.1, 0.15) is 5.69 Å². The Balaban J connectivity index is 2.42. The Morgan fingerprint density at radius 2 is 1.59 bits per heavy atom. The lowest BCUT2D eigenvalue weighted by atomic mass is 10.1. The van der Waals surface area contributed by atoms with Crippen molar-refractivity contribution in [3.8, 4) is 0 Å². The quantitative estimate of drug-likeness (QED) is 0.604. The zero-order valence-corrected chi connectivity index (χ0v) is 13.0. The minimum Gasteiger partial charge on any atom is -0.429 e. The molecule has 0 unspecified atom stereocenters. The topological polar surface area (TPSA) is 66.6 Å². The zero-order valence-electron chi connectivity index (χ0n) is 13.0. The highest BCUT2D eigenvalue weighted by Gasteiger charge is 2.74. The van der Waals surface area contributed by atoms with Crippen molar-refractivity contribution in [1.82, 2.24) is 4.73 Å². The van der Waals surface area contributed by atoms with Gasteiger partial charge in [-0.15, -0.1) is 0 Å². The second-order valence-electron chi connectivity index (χ2n) is 5.17. The van der Waals surface area contributed by atoms with E-state index in [1.54, 1.807) is 18.2 Å². The van der Waals surface area contributed by atoms with Gasteiger partial charge in [-0.2, -0.15) is 40.5 Å². The van der Waals surface area contributed by atoms with Gasteiger partial charge in [-0.05, 0) is 24.3 Å². The lowest BCUT2D eigenvalue weighted by Gasteiger charge is -2.28. The van der Waals surface area contributed by atoms with E-state index in [0.29, 0.717) is 6.20 Å². The Morgan fingerprint density at radius 1 is 1.00 bits per heavy atom. The van der Waals surface area contributed by atoms with E-state index in [1.807, 2.05) is 0 Å². The van der Waals surface area contributed by atoms with E-state index in [-0.39, 0.29) is 11.8 Å². The predicted molar refractivity (Wildman–Crippen MR) is 77.5 cm³/mol. The molecule has 0 aliphatic carbocycles. The number of hydrogen-bond donors (Lipinski definition) is 2. The molecule has 0 fully saturated rings. The summed E-state index contributed by atoms with van der Waals surface area (Å²) in [6.07, 6.45) is -6.23. The van der Waals surface area contributed by atoms with E-state index >= 15 is 0 Å². The zero-order chi connectivity index (χ0) is 20.5. The summed E-state index contributed by atoms with van der Waals surface area (Å²) in [5.41, 5.74) is -1.83. The number of carbonyl (C=O) groups excluding carboxylic acids is 1. The molecular formula is C15H10F7N3O2. The van der Waals surface area contributed by atoms with Crippen LogP contribution in [-0.2, 0) is 5.92 Å². The van der Waals surface area contributed by atoms with E-state index in [1.165, 1.54) is 12.1 Å². The third-order valence-electron chi connectivity index (χ3n) is 3.25. The maximum atomic E-state index is 13.8. The molecule has 0 aliphatic heterocycles. The number of hydrogen-bond acceptors (Lipinski definition) is 2. The number of anilines is 1. The third kappa shape index (κ3) is 4.04. The number of amides is 2. The van der Waals surface area contributed by atoms with Crippen molar-refractivity contribution < 1.29 is 40.7 Å². The highest BCUT2D eigenvalue weighted by molar-refractivity contribution is 5.89. The maximum Gasteiger partial charge on any atom is 0.460 e. The molecule has 0 radical (unpaired) electrons. The lowest BCUT2D eigenvalue weighted by Crippen LogP contribution is -2.51. The average molecular weight is 397 g/mol. The Kier molecular flexibility index (Phi) is 5.20. The maximum absolute atomic E-state index is 13.8. The number of nitrogens with zero attached hydrogens (tertiary/aromatic N) is 2. The standard InChI is InChI=1S/C15H10F7N3O2/c16-13(17,14(18,19)15(20,21)22)11-8-10(6-7-25(11)27)24-12(26)23-9-4-2-1-3-5-9/h1-8,27H,(H,23,26)/b24-10-. The van der Waals surface area contributed by atoms with Crippen molar-refractivity contribution in [2.24, 2.45) is 4.99 Å². The first-order valence-corrected chi connectivity index (χ1v) is 7.02. The molecule has 2 amide bonds. The minimum absolute atomic E-state index is 0.0459. The van der Waals surface area contributed by atoms with Crippen molar-refractivity contribution in [1.29, 1.82) is 0 Å². The van der Waals surface area contributed by atoms with E-state index in [4.69, 9.17) is 0 Å². The molecular weight excluding hydrogens is 387 g/mol. The van der Waals surface area contributed by atoms with E-state index in [2.05, 4.69) is 10.3 Å². The Labute approximate surface area is 146 Å². The van der Waals surface area contributed by atoms with E-state index in [0.717, 1.165) is 6.07 Å². The third-order valence-corrected chi connectivity index (χ3v) is 3.25. The van der Waals surface area contributed by atoms with E-state index in [9.17, 15) is 40.7 Å². The van der Waals surface area contributed by atoms with Crippen LogP contribution in [0.4, 0.5) is 41.2 Å². The molecule has 1 aromatic heterocycles. The second-order valence-corrected chi connectivity index (χ2v) is 5.17. The summed E-state index contributed by atoms with van der Waals surface area (Å²) in [6, 6.07) is 7.38. The Bertz CT molecular complexity index is 892. The van der Waals surface area contributed by atoms with Crippen molar-refractivity contribution in [3.05, 3.63) is 59.7 Å². The second kappa shape index (κ2) is 6.93. The van der Waals surface area contributed by atoms with Crippen LogP contribution in [0.5, 0.6) is 0 Å². The first-order chi connectivity index (χ1) is 12.4. The van der Waals surface area contributed by atoms with Gasteiger partial charge in [0, 0.05) is 11.9 Å². The van der Waals surface area contributed by atoms with Gasteiger partial charge in [-0.1, -0.05) is 18.2 Å². The summed E-state index contributed by atoms with van der Waals surface area (Å²) in [5.74, 6) is -12.3. The summed E-state index contributed by atoms with van der Waals surface area (Å²) in [6.45, 7) is 0. The van der Waals surface area contributed by atoms with Crippen LogP contribution < -0.4 is 10.7 Å². The van der Waals surface area contributed by atoms with Crippen LogP contribution in [-0.4, -0.2) is 28.1 Å². The average Bonchev–Trinajstić information content (AvgIpc) is 2.56. The molecule has 2 N–H and O–H groups in total. The van der Waals surface area contributed by atoms with Crippen molar-refractivity contribution in [2.45, 2.75) is 18.0 Å². The van der Waals surface area contributed by atoms with Gasteiger partial charge in [-0.25, -0.2) is 4.79 Å². The monoisotopic (exact) mass is 397 g/mol. The van der Waals surface area contributed by atoms with Gasteiger partial charge in [0.15, 0.2) is 0 Å². The number of carbonyl (C=O) groups is 1. The first kappa shape index (κ1) is 20.3. The van der Waals surface area contributed by atoms with Gasteiger partial charge in [0.1, 0.15) is 5.69 Å². The first-order valence-electron chi connectivity index (χ1n) is 7.02. The Morgan fingerprint density at radius 3 is 2.15 bits per heavy atom. The highest BCUT2D eigenvalue weighted by Crippen LogP contribution is 2.51. The molecule has 0 saturated heterocycles. The molecule has 12 heteroatoms. The molecule has 0 aliphatic rings. The van der Waals surface area contributed by atoms with Gasteiger partial charge >= 0.3 is 24.1 Å². The number of pyridine rings is 1. The molecule has 5 nitrogen and oxygen atoms in total. The number of para-hydroxylation sites is 1. The number of aromatic nitrogens is 1. The van der Waals surface area contributed by atoms with Crippen molar-refractivity contribution in [2.75, 3.05) is 5.32 Å². The van der Waals surface area contributed by atoms with Crippen molar-refractivity contribution >= 4 is 11.7 Å². The summed E-state index contributed by atoms with van der Waals surface area (Å²) in [4.78, 5) is 15.0. The number of nitrogens with one attached hydrogen (secondary N) is 1. The van der Waals surface area contributed by atoms with Gasteiger partial charge in [0.2, 0.25) is 0 Å². The summed E-state index contributed by atoms with van der Waals surface area (Å²) in [5, 5.41) is 10.8.